The van der Waals surface area contributed by atoms with Gasteiger partial charge >= 0.3 is 0 Å². The number of amides is 1. The van der Waals surface area contributed by atoms with E-state index in [1.54, 1.807) is 0 Å². The summed E-state index contributed by atoms with van der Waals surface area (Å²) in [5.74, 6) is -0.0991. The molecule has 1 amide bonds. The second-order valence-electron chi connectivity index (χ2n) is 5.75. The number of ether oxygens (including phenoxy) is 1. The molecule has 0 aromatic heterocycles. The van der Waals surface area contributed by atoms with E-state index in [1.807, 2.05) is 30.3 Å². The van der Waals surface area contributed by atoms with Crippen LogP contribution in [0.25, 0.3) is 0 Å². The van der Waals surface area contributed by atoms with Gasteiger partial charge < -0.3 is 15.2 Å². The summed E-state index contributed by atoms with van der Waals surface area (Å²) in [5, 5.41) is 11.7. The first-order chi connectivity index (χ1) is 9.53. The number of hydrogen-bond donors (Lipinski definition) is 2. The number of rotatable bonds is 9. The molecule has 4 nitrogen and oxygen atoms in total. The summed E-state index contributed by atoms with van der Waals surface area (Å²) < 4.78 is 5.38. The van der Waals surface area contributed by atoms with Crippen molar-refractivity contribution >= 4 is 5.91 Å². The lowest BCUT2D eigenvalue weighted by Gasteiger charge is -2.24. The Morgan fingerprint density at radius 3 is 2.65 bits per heavy atom. The average molecular weight is 279 g/mol. The number of benzene rings is 1. The van der Waals surface area contributed by atoms with E-state index in [-0.39, 0.29) is 24.5 Å². The van der Waals surface area contributed by atoms with Gasteiger partial charge in [-0.15, -0.1) is 0 Å². The summed E-state index contributed by atoms with van der Waals surface area (Å²) in [4.78, 5) is 11.7. The van der Waals surface area contributed by atoms with Crippen molar-refractivity contribution in [2.45, 2.75) is 33.3 Å². The van der Waals surface area contributed by atoms with Gasteiger partial charge in [-0.25, -0.2) is 0 Å². The van der Waals surface area contributed by atoms with E-state index in [0.29, 0.717) is 13.2 Å². The van der Waals surface area contributed by atoms with Crippen LogP contribution in [0.3, 0.4) is 0 Å². The topological polar surface area (TPSA) is 58.6 Å². The maximum Gasteiger partial charge on any atom is 0.246 e. The van der Waals surface area contributed by atoms with Crippen LogP contribution in [0, 0.1) is 5.41 Å². The van der Waals surface area contributed by atoms with Crippen LogP contribution in [-0.4, -0.2) is 30.8 Å². The van der Waals surface area contributed by atoms with Crippen molar-refractivity contribution in [2.75, 3.05) is 19.8 Å². The van der Waals surface area contributed by atoms with E-state index in [4.69, 9.17) is 9.84 Å². The number of carbonyl (C=O) groups is 1. The molecule has 0 saturated carbocycles. The third-order valence-corrected chi connectivity index (χ3v) is 3.12. The Balaban J connectivity index is 2.17. The lowest BCUT2D eigenvalue weighted by atomic mass is 9.88. The van der Waals surface area contributed by atoms with Gasteiger partial charge in [0.15, 0.2) is 0 Å². The van der Waals surface area contributed by atoms with Crippen molar-refractivity contribution in [3.8, 4) is 0 Å². The molecule has 1 rings (SSSR count). The molecular weight excluding hydrogens is 254 g/mol. The summed E-state index contributed by atoms with van der Waals surface area (Å²) in [6, 6.07) is 9.78. The standard InChI is InChI=1S/C16H25NO3/c1-16(2,9-6-10-18)13-17-15(19)12-20-11-14-7-4-3-5-8-14/h3-5,7-8,18H,6,9-13H2,1-2H3,(H,17,19). The van der Waals surface area contributed by atoms with Crippen molar-refractivity contribution in [3.05, 3.63) is 35.9 Å². The normalized spacial score (nSPS) is 11.3. The Labute approximate surface area is 121 Å². The predicted molar refractivity (Wildman–Crippen MR) is 79.2 cm³/mol. The molecular formula is C16H25NO3. The molecule has 0 atom stereocenters. The molecule has 0 aliphatic heterocycles. The molecule has 0 aliphatic rings. The molecule has 1 aromatic rings. The van der Waals surface area contributed by atoms with Gasteiger partial charge in [0.25, 0.3) is 0 Å². The van der Waals surface area contributed by atoms with Gasteiger partial charge in [0, 0.05) is 13.2 Å². The van der Waals surface area contributed by atoms with Gasteiger partial charge in [-0.1, -0.05) is 44.2 Å². The minimum Gasteiger partial charge on any atom is -0.396 e. The Morgan fingerprint density at radius 2 is 2.00 bits per heavy atom. The van der Waals surface area contributed by atoms with Gasteiger partial charge in [-0.3, -0.25) is 4.79 Å². The Hall–Kier alpha value is -1.39. The van der Waals surface area contributed by atoms with Crippen LogP contribution >= 0.6 is 0 Å². The van der Waals surface area contributed by atoms with Crippen molar-refractivity contribution in [2.24, 2.45) is 5.41 Å². The van der Waals surface area contributed by atoms with Crippen LogP contribution in [0.2, 0.25) is 0 Å². The fourth-order valence-electron chi connectivity index (χ4n) is 1.87. The maximum absolute atomic E-state index is 11.7. The molecule has 1 aromatic carbocycles. The monoisotopic (exact) mass is 279 g/mol. The first-order valence-electron chi connectivity index (χ1n) is 7.03. The third kappa shape index (κ3) is 7.26. The predicted octanol–water partition coefficient (Wildman–Crippen LogP) is 2.12. The largest absolute Gasteiger partial charge is 0.396 e. The van der Waals surface area contributed by atoms with E-state index >= 15 is 0 Å². The summed E-state index contributed by atoms with van der Waals surface area (Å²) in [7, 11) is 0. The van der Waals surface area contributed by atoms with Crippen LogP contribution < -0.4 is 5.32 Å². The number of aliphatic hydroxyl groups is 1. The fourth-order valence-corrected chi connectivity index (χ4v) is 1.87. The number of aliphatic hydroxyl groups excluding tert-OH is 1. The van der Waals surface area contributed by atoms with Crippen LogP contribution in [0.5, 0.6) is 0 Å². The smallest absolute Gasteiger partial charge is 0.246 e. The molecule has 0 unspecified atom stereocenters. The van der Waals surface area contributed by atoms with Crippen molar-refractivity contribution in [1.29, 1.82) is 0 Å². The van der Waals surface area contributed by atoms with Gasteiger partial charge in [0.05, 0.1) is 6.61 Å². The van der Waals surface area contributed by atoms with Crippen molar-refractivity contribution in [1.82, 2.24) is 5.32 Å². The van der Waals surface area contributed by atoms with E-state index < -0.39 is 0 Å². The van der Waals surface area contributed by atoms with Crippen LogP contribution in [0.1, 0.15) is 32.3 Å². The SMILES string of the molecule is CC(C)(CCCO)CNC(=O)COCc1ccccc1. The minimum atomic E-state index is -0.0991. The van der Waals surface area contributed by atoms with E-state index in [0.717, 1.165) is 18.4 Å². The second-order valence-corrected chi connectivity index (χ2v) is 5.75. The van der Waals surface area contributed by atoms with Gasteiger partial charge in [0.2, 0.25) is 5.91 Å². The highest BCUT2D eigenvalue weighted by Gasteiger charge is 2.18. The number of hydrogen-bond acceptors (Lipinski definition) is 3. The Kier molecular flexibility index (Phi) is 7.26. The van der Waals surface area contributed by atoms with Crippen molar-refractivity contribution < 1.29 is 14.6 Å². The first-order valence-corrected chi connectivity index (χ1v) is 7.03. The van der Waals surface area contributed by atoms with Crippen LogP contribution in [0.4, 0.5) is 0 Å². The van der Waals surface area contributed by atoms with E-state index in [2.05, 4.69) is 19.2 Å². The zero-order valence-electron chi connectivity index (χ0n) is 12.4. The van der Waals surface area contributed by atoms with Gasteiger partial charge in [-0.2, -0.15) is 0 Å². The quantitative estimate of drug-likeness (QED) is 0.728. The first kappa shape index (κ1) is 16.7. The molecule has 0 saturated heterocycles. The third-order valence-electron chi connectivity index (χ3n) is 3.12. The zero-order chi connectivity index (χ0) is 14.8. The van der Waals surface area contributed by atoms with Gasteiger partial charge in [0.1, 0.15) is 6.61 Å². The van der Waals surface area contributed by atoms with Gasteiger partial charge in [-0.05, 0) is 23.8 Å². The Bertz CT molecular complexity index is 390. The average Bonchev–Trinajstić information content (AvgIpc) is 2.44. The molecule has 0 fully saturated rings. The zero-order valence-corrected chi connectivity index (χ0v) is 12.4. The highest BCUT2D eigenvalue weighted by atomic mass is 16.5. The lowest BCUT2D eigenvalue weighted by molar-refractivity contribution is -0.126. The van der Waals surface area contributed by atoms with Crippen LogP contribution in [-0.2, 0) is 16.1 Å². The molecule has 20 heavy (non-hydrogen) atoms. The van der Waals surface area contributed by atoms with Crippen molar-refractivity contribution in [3.63, 3.8) is 0 Å². The summed E-state index contributed by atoms with van der Waals surface area (Å²) in [6.07, 6.45) is 1.64. The minimum absolute atomic E-state index is 0.00216. The summed E-state index contributed by atoms with van der Waals surface area (Å²) in [6.45, 7) is 5.47. The number of nitrogens with one attached hydrogen (secondary N) is 1. The highest BCUT2D eigenvalue weighted by Crippen LogP contribution is 2.20. The summed E-state index contributed by atoms with van der Waals surface area (Å²) >= 11 is 0. The fraction of sp³-hybridized carbons (Fsp3) is 0.562. The van der Waals surface area contributed by atoms with E-state index in [9.17, 15) is 4.79 Å². The highest BCUT2D eigenvalue weighted by molar-refractivity contribution is 5.77. The molecule has 0 spiro atoms. The number of carbonyl (C=O) groups excluding carboxylic acids is 1. The molecule has 112 valence electrons. The van der Waals surface area contributed by atoms with Crippen LogP contribution in [0.15, 0.2) is 30.3 Å². The second kappa shape index (κ2) is 8.72. The summed E-state index contributed by atoms with van der Waals surface area (Å²) in [5.41, 5.74) is 1.06. The van der Waals surface area contributed by atoms with E-state index in [1.165, 1.54) is 0 Å². The maximum atomic E-state index is 11.7. The molecule has 0 heterocycles. The molecule has 0 bridgehead atoms. The lowest BCUT2D eigenvalue weighted by Crippen LogP contribution is -2.36. The Morgan fingerprint density at radius 1 is 1.30 bits per heavy atom. The molecule has 4 heteroatoms. The molecule has 2 N–H and O–H groups in total. The molecule has 0 radical (unpaired) electrons. The molecule has 0 aliphatic carbocycles.